The van der Waals surface area contributed by atoms with E-state index in [2.05, 4.69) is 53.9 Å². The van der Waals surface area contributed by atoms with Gasteiger partial charge in [-0.2, -0.15) is 0 Å². The topological polar surface area (TPSA) is 35.8 Å². The van der Waals surface area contributed by atoms with E-state index < -0.39 is 0 Å². The van der Waals surface area contributed by atoms with E-state index in [4.69, 9.17) is 9.47 Å². The maximum atomic E-state index is 5.40. The van der Waals surface area contributed by atoms with Crippen molar-refractivity contribution in [2.75, 3.05) is 52.6 Å². The predicted octanol–water partition coefficient (Wildman–Crippen LogP) is 2.70. The van der Waals surface area contributed by atoms with E-state index in [9.17, 15) is 0 Å². The molecule has 1 saturated carbocycles. The van der Waals surface area contributed by atoms with Crippen molar-refractivity contribution < 1.29 is 49.9 Å². The molecular formula is C19H29N2O2Sm. The van der Waals surface area contributed by atoms with E-state index in [1.807, 2.05) is 0 Å². The maximum Gasteiger partial charge on any atom is 3.00 e. The number of nitrogens with zero attached hydrogens (tertiary/aromatic N) is 2. The molecule has 0 N–H and O–H groups in total. The molecule has 4 rings (SSSR count). The van der Waals surface area contributed by atoms with Crippen molar-refractivity contribution in [2.24, 2.45) is 0 Å². The first-order valence-electron chi connectivity index (χ1n) is 8.25. The Hall–Kier alpha value is 0.398. The molecular weight excluding hydrogens is 439 g/mol. The minimum Gasteiger partial charge on any atom is -0.659 e. The van der Waals surface area contributed by atoms with E-state index in [-0.39, 0.29) is 53.2 Å². The summed E-state index contributed by atoms with van der Waals surface area (Å²) >= 11 is 0. The SMILES string of the molecule is C1COCC[N-]1.C[C@@]1(c2ccccc2)[CH-][C@H]1N1CCOCC1.[CH3-].[Sm+3]. The third kappa shape index (κ3) is 5.98. The summed E-state index contributed by atoms with van der Waals surface area (Å²) < 4.78 is 10.4. The Morgan fingerprint density at radius 1 is 1.04 bits per heavy atom. The first-order chi connectivity index (χ1) is 10.8. The molecule has 2 saturated heterocycles. The van der Waals surface area contributed by atoms with Crippen LogP contribution in [0.15, 0.2) is 30.3 Å². The van der Waals surface area contributed by atoms with Crippen LogP contribution in [0.3, 0.4) is 0 Å². The Balaban J connectivity index is 0.000000310. The summed E-state index contributed by atoms with van der Waals surface area (Å²) in [6, 6.07) is 11.4. The van der Waals surface area contributed by atoms with Crippen LogP contribution in [0.1, 0.15) is 12.5 Å². The fourth-order valence-corrected chi connectivity index (χ4v) is 3.16. The Labute approximate surface area is 179 Å². The van der Waals surface area contributed by atoms with Gasteiger partial charge in [-0.15, -0.1) is 24.5 Å². The van der Waals surface area contributed by atoms with Crippen LogP contribution in [0.4, 0.5) is 0 Å². The molecule has 0 spiro atoms. The van der Waals surface area contributed by atoms with Crippen LogP contribution in [0, 0.1) is 54.2 Å². The van der Waals surface area contributed by atoms with Gasteiger partial charge in [0.25, 0.3) is 0 Å². The van der Waals surface area contributed by atoms with Gasteiger partial charge in [0.1, 0.15) is 0 Å². The van der Waals surface area contributed by atoms with Crippen molar-refractivity contribution >= 4 is 0 Å². The summed E-state index contributed by atoms with van der Waals surface area (Å²) in [4.78, 5) is 2.54. The van der Waals surface area contributed by atoms with E-state index in [0.717, 1.165) is 52.6 Å². The molecule has 0 bridgehead atoms. The van der Waals surface area contributed by atoms with Gasteiger partial charge < -0.3 is 33.5 Å². The average Bonchev–Trinajstić information content (AvgIpc) is 3.32. The number of ether oxygens (including phenoxy) is 2. The molecule has 1 radical (unpaired) electrons. The zero-order valence-corrected chi connectivity index (χ0v) is 17.4. The molecule has 0 aromatic heterocycles. The van der Waals surface area contributed by atoms with E-state index in [1.165, 1.54) is 5.56 Å². The normalized spacial score (nSPS) is 29.3. The van der Waals surface area contributed by atoms with Crippen LogP contribution >= 0.6 is 0 Å². The molecule has 4 nitrogen and oxygen atoms in total. The zero-order chi connectivity index (χ0) is 15.3. The predicted molar refractivity (Wildman–Crippen MR) is 94.6 cm³/mol. The molecule has 133 valence electrons. The minimum atomic E-state index is 0. The first-order valence-corrected chi connectivity index (χ1v) is 8.25. The first kappa shape index (κ1) is 22.4. The molecule has 0 amide bonds. The van der Waals surface area contributed by atoms with Crippen LogP contribution in [-0.2, 0) is 14.9 Å². The van der Waals surface area contributed by atoms with Crippen molar-refractivity contribution in [3.05, 3.63) is 55.1 Å². The smallest absolute Gasteiger partial charge is 0.659 e. The summed E-state index contributed by atoms with van der Waals surface area (Å²) in [6.07, 6.45) is 2.45. The summed E-state index contributed by atoms with van der Waals surface area (Å²) in [5.41, 5.74) is 1.70. The quantitative estimate of drug-likeness (QED) is 0.628. The Kier molecular flexibility index (Phi) is 10.5. The zero-order valence-electron chi connectivity index (χ0n) is 14.8. The van der Waals surface area contributed by atoms with Gasteiger partial charge in [-0.25, -0.2) is 0 Å². The third-order valence-corrected chi connectivity index (χ3v) is 4.63. The monoisotopic (exact) mass is 469 g/mol. The Morgan fingerprint density at radius 3 is 2.12 bits per heavy atom. The van der Waals surface area contributed by atoms with Gasteiger partial charge >= 0.3 is 40.4 Å². The van der Waals surface area contributed by atoms with Gasteiger partial charge in [-0.1, -0.05) is 42.8 Å². The van der Waals surface area contributed by atoms with Gasteiger partial charge in [0.05, 0.1) is 13.2 Å². The fourth-order valence-electron chi connectivity index (χ4n) is 3.16. The summed E-state index contributed by atoms with van der Waals surface area (Å²) in [5.74, 6) is 0. The molecule has 3 fully saturated rings. The molecule has 2 heterocycles. The molecule has 0 unspecified atom stereocenters. The molecule has 1 aliphatic carbocycles. The van der Waals surface area contributed by atoms with Gasteiger partial charge in [0.2, 0.25) is 0 Å². The van der Waals surface area contributed by atoms with E-state index in [0.29, 0.717) is 6.04 Å². The van der Waals surface area contributed by atoms with Crippen molar-refractivity contribution in [1.29, 1.82) is 0 Å². The molecule has 1 aromatic carbocycles. The minimum absolute atomic E-state index is 0. The van der Waals surface area contributed by atoms with Gasteiger partial charge in [-0.05, 0) is 0 Å². The van der Waals surface area contributed by atoms with Gasteiger partial charge in [-0.3, -0.25) is 0 Å². The van der Waals surface area contributed by atoms with Crippen LogP contribution in [0.5, 0.6) is 0 Å². The van der Waals surface area contributed by atoms with Crippen LogP contribution < -0.4 is 0 Å². The number of rotatable bonds is 2. The number of hydrogen-bond donors (Lipinski definition) is 0. The van der Waals surface area contributed by atoms with Crippen LogP contribution in [0.2, 0.25) is 0 Å². The van der Waals surface area contributed by atoms with Crippen LogP contribution in [-0.4, -0.2) is 63.5 Å². The number of morpholine rings is 2. The summed E-state index contributed by atoms with van der Waals surface area (Å²) in [5, 5.41) is 4.05. The second-order valence-electron chi connectivity index (χ2n) is 6.19. The van der Waals surface area contributed by atoms with Gasteiger partial charge in [0.15, 0.2) is 0 Å². The number of benzene rings is 1. The third-order valence-electron chi connectivity index (χ3n) is 4.63. The number of hydrogen-bond acceptors (Lipinski definition) is 3. The summed E-state index contributed by atoms with van der Waals surface area (Å²) in [6.45, 7) is 9.72. The standard InChI is InChI=1S/C14H18NO.C4H8NO.CH3.Sm/c1-14(12-5-3-2-4-6-12)11-13(14)15-7-9-16-10-8-15;1-3-6-4-2-5-1;;/h2-6,11,13H,7-10H2,1H3;1-4H2;1H3;/q3*-1;+3/t13-,14+;;;/m1.../s1. The van der Waals surface area contributed by atoms with Crippen molar-refractivity contribution in [3.63, 3.8) is 0 Å². The van der Waals surface area contributed by atoms with E-state index in [1.54, 1.807) is 0 Å². The van der Waals surface area contributed by atoms with Crippen molar-refractivity contribution in [3.8, 4) is 0 Å². The average molecular weight is 468 g/mol. The molecule has 2 atom stereocenters. The van der Waals surface area contributed by atoms with Gasteiger partial charge in [0, 0.05) is 26.3 Å². The second kappa shape index (κ2) is 11.2. The Morgan fingerprint density at radius 2 is 1.62 bits per heavy atom. The summed E-state index contributed by atoms with van der Waals surface area (Å²) in [7, 11) is 0. The second-order valence-corrected chi connectivity index (χ2v) is 6.19. The van der Waals surface area contributed by atoms with E-state index >= 15 is 0 Å². The largest absolute Gasteiger partial charge is 3.00 e. The fraction of sp³-hybridized carbons (Fsp3) is 0.579. The molecule has 5 heteroatoms. The molecule has 24 heavy (non-hydrogen) atoms. The molecule has 3 aliphatic rings. The Bertz CT molecular complexity index is 438. The van der Waals surface area contributed by atoms with Crippen molar-refractivity contribution in [1.82, 2.24) is 4.90 Å². The molecule has 1 aromatic rings. The van der Waals surface area contributed by atoms with Crippen molar-refractivity contribution in [2.45, 2.75) is 18.4 Å². The maximum absolute atomic E-state index is 5.40. The van der Waals surface area contributed by atoms with Crippen LogP contribution in [0.25, 0.3) is 5.32 Å². The molecule has 2 aliphatic heterocycles.